The first-order valence-electron chi connectivity index (χ1n) is 5.91. The summed E-state index contributed by atoms with van der Waals surface area (Å²) in [6.45, 7) is 3.42. The van der Waals surface area contributed by atoms with Crippen LogP contribution < -0.4 is 5.32 Å². The van der Waals surface area contributed by atoms with E-state index in [-0.39, 0.29) is 12.1 Å². The average molecular weight is 274 g/mol. The number of carbonyl (C=O) groups is 3. The predicted molar refractivity (Wildman–Crippen MR) is 63.6 cm³/mol. The van der Waals surface area contributed by atoms with Gasteiger partial charge in [-0.2, -0.15) is 0 Å². The SMILES string of the molecule is CC1CN(C(=O)NC(=O)COCC(=O)O)C(C)CO1. The van der Waals surface area contributed by atoms with Crippen molar-refractivity contribution in [2.45, 2.75) is 26.0 Å². The first kappa shape index (κ1) is 15.4. The van der Waals surface area contributed by atoms with Crippen molar-refractivity contribution in [3.63, 3.8) is 0 Å². The number of amides is 3. The van der Waals surface area contributed by atoms with E-state index in [2.05, 4.69) is 10.1 Å². The molecule has 8 nitrogen and oxygen atoms in total. The van der Waals surface area contributed by atoms with Crippen molar-refractivity contribution in [3.05, 3.63) is 0 Å². The Balaban J connectivity index is 2.36. The number of imide groups is 1. The molecule has 0 bridgehead atoms. The lowest BCUT2D eigenvalue weighted by Crippen LogP contribution is -2.55. The Labute approximate surface area is 110 Å². The van der Waals surface area contributed by atoms with Crippen LogP contribution in [0.3, 0.4) is 0 Å². The Bertz CT molecular complexity index is 359. The molecule has 0 aromatic rings. The van der Waals surface area contributed by atoms with Crippen molar-refractivity contribution < 1.29 is 29.0 Å². The van der Waals surface area contributed by atoms with E-state index in [4.69, 9.17) is 9.84 Å². The number of ether oxygens (including phenoxy) is 2. The van der Waals surface area contributed by atoms with Crippen molar-refractivity contribution in [2.24, 2.45) is 0 Å². The summed E-state index contributed by atoms with van der Waals surface area (Å²) in [4.78, 5) is 34.9. The zero-order valence-corrected chi connectivity index (χ0v) is 10.9. The summed E-state index contributed by atoms with van der Waals surface area (Å²) in [5.74, 6) is -1.84. The van der Waals surface area contributed by atoms with Gasteiger partial charge in [0.1, 0.15) is 13.2 Å². The Morgan fingerprint density at radius 1 is 1.37 bits per heavy atom. The van der Waals surface area contributed by atoms with Crippen LogP contribution in [0.1, 0.15) is 13.8 Å². The minimum atomic E-state index is -1.17. The van der Waals surface area contributed by atoms with E-state index in [1.807, 2.05) is 13.8 Å². The molecule has 0 aliphatic carbocycles. The van der Waals surface area contributed by atoms with Gasteiger partial charge in [-0.25, -0.2) is 9.59 Å². The number of carbonyl (C=O) groups excluding carboxylic acids is 2. The normalized spacial score (nSPS) is 22.9. The van der Waals surface area contributed by atoms with Gasteiger partial charge in [-0.3, -0.25) is 10.1 Å². The number of hydrogen-bond acceptors (Lipinski definition) is 5. The maximum atomic E-state index is 11.8. The maximum Gasteiger partial charge on any atom is 0.329 e. The van der Waals surface area contributed by atoms with Gasteiger partial charge >= 0.3 is 12.0 Å². The first-order valence-corrected chi connectivity index (χ1v) is 5.91. The summed E-state index contributed by atoms with van der Waals surface area (Å²) in [5.41, 5.74) is 0. The van der Waals surface area contributed by atoms with Gasteiger partial charge in [0.15, 0.2) is 0 Å². The van der Waals surface area contributed by atoms with Gasteiger partial charge in [-0.1, -0.05) is 0 Å². The monoisotopic (exact) mass is 274 g/mol. The van der Waals surface area contributed by atoms with Crippen LogP contribution in [0.4, 0.5) is 4.79 Å². The number of morpholine rings is 1. The molecular formula is C11H18N2O6. The maximum absolute atomic E-state index is 11.8. The summed E-state index contributed by atoms with van der Waals surface area (Å²) in [6.07, 6.45) is -0.0830. The lowest BCUT2D eigenvalue weighted by molar-refractivity contribution is -0.143. The van der Waals surface area contributed by atoms with Gasteiger partial charge < -0.3 is 19.5 Å². The number of carboxylic acids is 1. The molecule has 3 amide bonds. The second-order valence-corrected chi connectivity index (χ2v) is 4.39. The third kappa shape index (κ3) is 5.23. The van der Waals surface area contributed by atoms with E-state index >= 15 is 0 Å². The number of hydrogen-bond donors (Lipinski definition) is 2. The van der Waals surface area contributed by atoms with Crippen LogP contribution in [0.15, 0.2) is 0 Å². The van der Waals surface area contributed by atoms with Gasteiger partial charge in [0.05, 0.1) is 18.8 Å². The molecule has 1 rings (SSSR count). The molecule has 19 heavy (non-hydrogen) atoms. The van der Waals surface area contributed by atoms with E-state index in [0.717, 1.165) is 0 Å². The molecule has 1 saturated heterocycles. The van der Waals surface area contributed by atoms with E-state index in [1.54, 1.807) is 0 Å². The molecule has 1 aliphatic rings. The second-order valence-electron chi connectivity index (χ2n) is 4.39. The number of urea groups is 1. The van der Waals surface area contributed by atoms with Crippen LogP contribution in [-0.2, 0) is 19.1 Å². The Kier molecular flexibility index (Phi) is 5.71. The average Bonchev–Trinajstić information content (AvgIpc) is 2.31. The van der Waals surface area contributed by atoms with Crippen LogP contribution in [0.5, 0.6) is 0 Å². The van der Waals surface area contributed by atoms with Crippen molar-refractivity contribution in [1.29, 1.82) is 0 Å². The fraction of sp³-hybridized carbons (Fsp3) is 0.727. The Morgan fingerprint density at radius 2 is 2.05 bits per heavy atom. The largest absolute Gasteiger partial charge is 0.480 e. The second kappa shape index (κ2) is 7.05. The molecular weight excluding hydrogens is 256 g/mol. The summed E-state index contributed by atoms with van der Waals surface area (Å²) >= 11 is 0. The highest BCUT2D eigenvalue weighted by Gasteiger charge is 2.28. The molecule has 0 radical (unpaired) electrons. The summed E-state index contributed by atoms with van der Waals surface area (Å²) < 4.78 is 9.96. The lowest BCUT2D eigenvalue weighted by Gasteiger charge is -2.36. The molecule has 1 fully saturated rings. The molecule has 1 heterocycles. The zero-order valence-electron chi connectivity index (χ0n) is 10.9. The lowest BCUT2D eigenvalue weighted by atomic mass is 10.2. The number of rotatable bonds is 4. The molecule has 108 valence electrons. The topological polar surface area (TPSA) is 105 Å². The molecule has 2 atom stereocenters. The van der Waals surface area contributed by atoms with Crippen molar-refractivity contribution in [1.82, 2.24) is 10.2 Å². The molecule has 0 saturated carbocycles. The molecule has 2 N–H and O–H groups in total. The Hall–Kier alpha value is -1.67. The summed E-state index contributed by atoms with van der Waals surface area (Å²) in [5, 5.41) is 10.5. The predicted octanol–water partition coefficient (Wildman–Crippen LogP) is -0.567. The molecule has 0 aromatic heterocycles. The van der Waals surface area contributed by atoms with Gasteiger partial charge in [-0.15, -0.1) is 0 Å². The summed E-state index contributed by atoms with van der Waals surface area (Å²) in [7, 11) is 0. The standard InChI is InChI=1S/C11H18N2O6/c1-7-4-19-8(2)3-13(7)11(17)12-9(14)5-18-6-10(15)16/h7-8H,3-6H2,1-2H3,(H,15,16)(H,12,14,17). The molecule has 8 heteroatoms. The molecule has 0 spiro atoms. The van der Waals surface area contributed by atoms with Gasteiger partial charge in [0.2, 0.25) is 0 Å². The smallest absolute Gasteiger partial charge is 0.329 e. The number of nitrogens with one attached hydrogen (secondary N) is 1. The summed E-state index contributed by atoms with van der Waals surface area (Å²) in [6, 6.07) is -0.643. The minimum absolute atomic E-state index is 0.0830. The molecule has 0 aromatic carbocycles. The number of carboxylic acid groups (broad SMARTS) is 1. The van der Waals surface area contributed by atoms with Crippen LogP contribution >= 0.6 is 0 Å². The Morgan fingerprint density at radius 3 is 2.68 bits per heavy atom. The molecule has 2 unspecified atom stereocenters. The fourth-order valence-electron chi connectivity index (χ4n) is 1.64. The van der Waals surface area contributed by atoms with Crippen molar-refractivity contribution in [3.8, 4) is 0 Å². The van der Waals surface area contributed by atoms with Crippen LogP contribution in [-0.4, -0.2) is 66.4 Å². The highest BCUT2D eigenvalue weighted by Crippen LogP contribution is 2.11. The number of nitrogens with zero attached hydrogens (tertiary/aromatic N) is 1. The van der Waals surface area contributed by atoms with Crippen LogP contribution in [0, 0.1) is 0 Å². The van der Waals surface area contributed by atoms with Gasteiger partial charge in [0.25, 0.3) is 5.91 Å². The van der Waals surface area contributed by atoms with Crippen molar-refractivity contribution in [2.75, 3.05) is 26.4 Å². The van der Waals surface area contributed by atoms with Crippen molar-refractivity contribution >= 4 is 17.9 Å². The van der Waals surface area contributed by atoms with E-state index in [1.165, 1.54) is 4.90 Å². The van der Waals surface area contributed by atoms with Crippen LogP contribution in [0.2, 0.25) is 0 Å². The number of aliphatic carboxylic acids is 1. The highest BCUT2D eigenvalue weighted by atomic mass is 16.5. The van der Waals surface area contributed by atoms with E-state index in [0.29, 0.717) is 13.2 Å². The van der Waals surface area contributed by atoms with Crippen LogP contribution in [0.25, 0.3) is 0 Å². The van der Waals surface area contributed by atoms with E-state index < -0.39 is 31.1 Å². The highest BCUT2D eigenvalue weighted by molar-refractivity contribution is 5.95. The first-order chi connectivity index (χ1) is 8.90. The third-order valence-corrected chi connectivity index (χ3v) is 2.57. The third-order valence-electron chi connectivity index (χ3n) is 2.57. The van der Waals surface area contributed by atoms with Gasteiger partial charge in [-0.05, 0) is 13.8 Å². The fourth-order valence-corrected chi connectivity index (χ4v) is 1.64. The zero-order chi connectivity index (χ0) is 14.4. The minimum Gasteiger partial charge on any atom is -0.480 e. The quantitative estimate of drug-likeness (QED) is 0.711. The van der Waals surface area contributed by atoms with E-state index in [9.17, 15) is 14.4 Å². The molecule has 1 aliphatic heterocycles. The van der Waals surface area contributed by atoms with Gasteiger partial charge in [0, 0.05) is 6.54 Å².